The van der Waals surface area contributed by atoms with E-state index in [0.717, 1.165) is 31.5 Å². The SMILES string of the molecule is CCCNC(CCN(C)C)c1ccc(OC)cc1F. The van der Waals surface area contributed by atoms with Crippen LogP contribution in [0.4, 0.5) is 4.39 Å². The van der Waals surface area contributed by atoms with Gasteiger partial charge in [-0.05, 0) is 46.1 Å². The highest BCUT2D eigenvalue weighted by Crippen LogP contribution is 2.24. The van der Waals surface area contributed by atoms with Gasteiger partial charge < -0.3 is 15.0 Å². The van der Waals surface area contributed by atoms with Crippen molar-refractivity contribution in [2.24, 2.45) is 0 Å². The average Bonchev–Trinajstić information content (AvgIpc) is 2.39. The predicted octanol–water partition coefficient (Wildman–Crippen LogP) is 2.83. The van der Waals surface area contributed by atoms with Crippen molar-refractivity contribution in [3.8, 4) is 5.75 Å². The molecule has 0 aromatic heterocycles. The number of benzene rings is 1. The van der Waals surface area contributed by atoms with E-state index in [0.29, 0.717) is 5.75 Å². The summed E-state index contributed by atoms with van der Waals surface area (Å²) in [6, 6.07) is 5.13. The number of methoxy groups -OCH3 is 1. The largest absolute Gasteiger partial charge is 0.497 e. The number of ether oxygens (including phenoxy) is 1. The molecule has 1 rings (SSSR count). The van der Waals surface area contributed by atoms with E-state index in [2.05, 4.69) is 17.1 Å². The molecule has 4 heteroatoms. The second-order valence-corrected chi connectivity index (χ2v) is 4.99. The molecule has 0 aliphatic rings. The number of nitrogens with zero attached hydrogens (tertiary/aromatic N) is 1. The second kappa shape index (κ2) is 8.12. The van der Waals surface area contributed by atoms with Gasteiger partial charge in [-0.2, -0.15) is 0 Å². The van der Waals surface area contributed by atoms with Crippen molar-refractivity contribution in [2.75, 3.05) is 34.3 Å². The standard InChI is InChI=1S/C15H25FN2O/c1-5-9-17-15(8-10-18(2)3)13-7-6-12(19-4)11-14(13)16/h6-7,11,15,17H,5,8-10H2,1-4H3. The van der Waals surface area contributed by atoms with Gasteiger partial charge in [-0.15, -0.1) is 0 Å². The Kier molecular flexibility index (Phi) is 6.81. The van der Waals surface area contributed by atoms with E-state index in [1.807, 2.05) is 26.2 Å². The fourth-order valence-electron chi connectivity index (χ4n) is 1.99. The van der Waals surface area contributed by atoms with Crippen LogP contribution in [0.3, 0.4) is 0 Å². The van der Waals surface area contributed by atoms with E-state index < -0.39 is 0 Å². The lowest BCUT2D eigenvalue weighted by Crippen LogP contribution is -2.27. The van der Waals surface area contributed by atoms with Crippen molar-refractivity contribution in [3.63, 3.8) is 0 Å². The van der Waals surface area contributed by atoms with Gasteiger partial charge in [0.2, 0.25) is 0 Å². The highest BCUT2D eigenvalue weighted by atomic mass is 19.1. The quantitative estimate of drug-likeness (QED) is 0.784. The zero-order chi connectivity index (χ0) is 14.3. The molecule has 0 aliphatic carbocycles. The summed E-state index contributed by atoms with van der Waals surface area (Å²) in [5.41, 5.74) is 0.719. The Labute approximate surface area is 115 Å². The molecule has 1 atom stereocenters. The van der Waals surface area contributed by atoms with Crippen molar-refractivity contribution in [2.45, 2.75) is 25.8 Å². The van der Waals surface area contributed by atoms with Gasteiger partial charge in [0.15, 0.2) is 0 Å². The van der Waals surface area contributed by atoms with Crippen molar-refractivity contribution in [1.29, 1.82) is 0 Å². The zero-order valence-electron chi connectivity index (χ0n) is 12.4. The maximum Gasteiger partial charge on any atom is 0.131 e. The van der Waals surface area contributed by atoms with Crippen molar-refractivity contribution in [1.82, 2.24) is 10.2 Å². The molecule has 108 valence electrons. The molecule has 19 heavy (non-hydrogen) atoms. The van der Waals surface area contributed by atoms with E-state index in [-0.39, 0.29) is 11.9 Å². The summed E-state index contributed by atoms with van der Waals surface area (Å²) >= 11 is 0. The average molecular weight is 268 g/mol. The molecule has 0 saturated carbocycles. The molecule has 1 N–H and O–H groups in total. The van der Waals surface area contributed by atoms with E-state index in [9.17, 15) is 4.39 Å². The normalized spacial score (nSPS) is 12.7. The summed E-state index contributed by atoms with van der Waals surface area (Å²) in [5.74, 6) is 0.356. The van der Waals surface area contributed by atoms with Crippen LogP contribution in [-0.4, -0.2) is 39.2 Å². The third-order valence-electron chi connectivity index (χ3n) is 3.09. The highest BCUT2D eigenvalue weighted by Gasteiger charge is 2.15. The lowest BCUT2D eigenvalue weighted by atomic mass is 10.0. The van der Waals surface area contributed by atoms with E-state index in [1.54, 1.807) is 7.11 Å². The summed E-state index contributed by atoms with van der Waals surface area (Å²) in [4.78, 5) is 2.11. The molecular weight excluding hydrogens is 243 g/mol. The van der Waals surface area contributed by atoms with Gasteiger partial charge in [0.25, 0.3) is 0 Å². The molecule has 0 fully saturated rings. The summed E-state index contributed by atoms with van der Waals surface area (Å²) in [5, 5.41) is 3.41. The van der Waals surface area contributed by atoms with Crippen LogP contribution in [0, 0.1) is 5.82 Å². The van der Waals surface area contributed by atoms with Crippen molar-refractivity contribution < 1.29 is 9.13 Å². The summed E-state index contributed by atoms with van der Waals surface area (Å²) < 4.78 is 19.1. The Balaban J connectivity index is 2.82. The number of hydrogen-bond donors (Lipinski definition) is 1. The molecule has 0 saturated heterocycles. The van der Waals surface area contributed by atoms with Crippen LogP contribution >= 0.6 is 0 Å². The fourth-order valence-corrected chi connectivity index (χ4v) is 1.99. The van der Waals surface area contributed by atoms with Gasteiger partial charge in [0, 0.05) is 17.7 Å². The van der Waals surface area contributed by atoms with Crippen LogP contribution in [0.5, 0.6) is 5.75 Å². The maximum atomic E-state index is 14.1. The van der Waals surface area contributed by atoms with E-state index >= 15 is 0 Å². The monoisotopic (exact) mass is 268 g/mol. The van der Waals surface area contributed by atoms with Crippen LogP contribution in [0.15, 0.2) is 18.2 Å². The first kappa shape index (κ1) is 15.9. The fraction of sp³-hybridized carbons (Fsp3) is 0.600. The lowest BCUT2D eigenvalue weighted by Gasteiger charge is -2.22. The molecule has 3 nitrogen and oxygen atoms in total. The molecule has 0 amide bonds. The molecule has 0 bridgehead atoms. The third kappa shape index (κ3) is 5.17. The predicted molar refractivity (Wildman–Crippen MR) is 77.2 cm³/mol. The van der Waals surface area contributed by atoms with Gasteiger partial charge in [-0.3, -0.25) is 0 Å². The molecule has 0 heterocycles. The number of nitrogens with one attached hydrogen (secondary N) is 1. The summed E-state index contributed by atoms with van der Waals surface area (Å²) in [6.45, 7) is 3.93. The van der Waals surface area contributed by atoms with Crippen LogP contribution in [0.2, 0.25) is 0 Å². The number of halogens is 1. The van der Waals surface area contributed by atoms with Crippen LogP contribution < -0.4 is 10.1 Å². The van der Waals surface area contributed by atoms with Crippen LogP contribution in [-0.2, 0) is 0 Å². The van der Waals surface area contributed by atoms with Gasteiger partial charge in [0.05, 0.1) is 7.11 Å². The van der Waals surface area contributed by atoms with E-state index in [1.165, 1.54) is 6.07 Å². The van der Waals surface area contributed by atoms with Gasteiger partial charge in [-0.25, -0.2) is 4.39 Å². The first-order valence-electron chi connectivity index (χ1n) is 6.80. The van der Waals surface area contributed by atoms with Gasteiger partial charge >= 0.3 is 0 Å². The summed E-state index contributed by atoms with van der Waals surface area (Å²) in [7, 11) is 5.61. The Morgan fingerprint density at radius 3 is 2.63 bits per heavy atom. The van der Waals surface area contributed by atoms with Crippen molar-refractivity contribution >= 4 is 0 Å². The van der Waals surface area contributed by atoms with Crippen molar-refractivity contribution in [3.05, 3.63) is 29.6 Å². The van der Waals surface area contributed by atoms with Crippen LogP contribution in [0.1, 0.15) is 31.4 Å². The molecule has 1 unspecified atom stereocenters. The Bertz CT molecular complexity index is 382. The van der Waals surface area contributed by atoms with E-state index in [4.69, 9.17) is 4.74 Å². The van der Waals surface area contributed by atoms with Gasteiger partial charge in [0.1, 0.15) is 11.6 Å². The summed E-state index contributed by atoms with van der Waals surface area (Å²) in [6.07, 6.45) is 1.92. The second-order valence-electron chi connectivity index (χ2n) is 4.99. The zero-order valence-corrected chi connectivity index (χ0v) is 12.4. The number of hydrogen-bond acceptors (Lipinski definition) is 3. The minimum atomic E-state index is -0.202. The molecule has 0 aliphatic heterocycles. The molecule has 0 radical (unpaired) electrons. The first-order chi connectivity index (χ1) is 9.08. The smallest absolute Gasteiger partial charge is 0.131 e. The number of rotatable bonds is 8. The first-order valence-corrected chi connectivity index (χ1v) is 6.80. The van der Waals surface area contributed by atoms with Crippen LogP contribution in [0.25, 0.3) is 0 Å². The Morgan fingerprint density at radius 2 is 2.11 bits per heavy atom. The Morgan fingerprint density at radius 1 is 1.37 bits per heavy atom. The topological polar surface area (TPSA) is 24.5 Å². The lowest BCUT2D eigenvalue weighted by molar-refractivity contribution is 0.355. The molecule has 0 spiro atoms. The van der Waals surface area contributed by atoms with Gasteiger partial charge in [-0.1, -0.05) is 13.0 Å². The molecule has 1 aromatic rings. The minimum absolute atomic E-state index is 0.0493. The minimum Gasteiger partial charge on any atom is -0.497 e. The maximum absolute atomic E-state index is 14.1. The Hall–Kier alpha value is -1.13. The third-order valence-corrected chi connectivity index (χ3v) is 3.09. The highest BCUT2D eigenvalue weighted by molar-refractivity contribution is 5.30. The molecular formula is C15H25FN2O. The molecule has 1 aromatic carbocycles.